The van der Waals surface area contributed by atoms with E-state index in [1.54, 1.807) is 54.6 Å². The zero-order valence-electron chi connectivity index (χ0n) is 16.0. The highest BCUT2D eigenvalue weighted by Crippen LogP contribution is 2.39. The average molecular weight is 445 g/mol. The van der Waals surface area contributed by atoms with Crippen LogP contribution in [0.15, 0.2) is 70.5 Å². The zero-order chi connectivity index (χ0) is 21.7. The maximum atomic E-state index is 12.8. The molecule has 3 rings (SSSR count). The maximum Gasteiger partial charge on any atom is 0.284 e. The number of hydrogen-bond donors (Lipinski definition) is 1. The minimum absolute atomic E-state index is 0.103. The van der Waals surface area contributed by atoms with E-state index in [0.29, 0.717) is 32.5 Å². The highest BCUT2D eigenvalue weighted by atomic mass is 35.5. The van der Waals surface area contributed by atoms with Gasteiger partial charge in [0.05, 0.1) is 29.7 Å². The first-order chi connectivity index (χ1) is 14.4. The van der Waals surface area contributed by atoms with Crippen LogP contribution in [0.25, 0.3) is 0 Å². The molecule has 0 atom stereocenters. The number of carbonyl (C=O) groups is 1. The first kappa shape index (κ1) is 21.5. The molecule has 0 saturated heterocycles. The van der Waals surface area contributed by atoms with Crippen LogP contribution in [0.3, 0.4) is 0 Å². The van der Waals surface area contributed by atoms with Crippen LogP contribution in [0.1, 0.15) is 10.4 Å². The Bertz CT molecular complexity index is 1110. The summed E-state index contributed by atoms with van der Waals surface area (Å²) in [7, 11) is 3.01. The molecule has 0 aliphatic rings. The molecular weight excluding hydrogens is 428 g/mol. The van der Waals surface area contributed by atoms with E-state index in [9.17, 15) is 14.9 Å². The standard InChI is InChI=1S/C21H17ClN2O5S/c1-28-17-9-7-13(11-18(17)29-2)21(25)23-15-5-3-4-6-19(15)30-20-10-8-14(22)12-16(20)24(26)27/h3-12H,1-2H3,(H,23,25). The van der Waals surface area contributed by atoms with Crippen LogP contribution in [0, 0.1) is 10.1 Å². The van der Waals surface area contributed by atoms with Gasteiger partial charge in [-0.05, 0) is 42.5 Å². The maximum absolute atomic E-state index is 12.8. The summed E-state index contributed by atoms with van der Waals surface area (Å²) in [5.41, 5.74) is 0.796. The first-order valence-electron chi connectivity index (χ1n) is 8.67. The quantitative estimate of drug-likeness (QED) is 0.373. The third-order valence-electron chi connectivity index (χ3n) is 4.12. The molecule has 154 valence electrons. The Morgan fingerprint density at radius 3 is 2.43 bits per heavy atom. The molecule has 1 amide bonds. The largest absolute Gasteiger partial charge is 0.493 e. The zero-order valence-corrected chi connectivity index (χ0v) is 17.6. The van der Waals surface area contributed by atoms with Crippen molar-refractivity contribution in [2.75, 3.05) is 19.5 Å². The second-order valence-electron chi connectivity index (χ2n) is 5.99. The first-order valence-corrected chi connectivity index (χ1v) is 9.86. The van der Waals surface area contributed by atoms with Gasteiger partial charge in [-0.15, -0.1) is 0 Å². The number of nitro benzene ring substituents is 1. The Morgan fingerprint density at radius 1 is 1.00 bits per heavy atom. The van der Waals surface area contributed by atoms with Crippen molar-refractivity contribution < 1.29 is 19.2 Å². The molecule has 7 nitrogen and oxygen atoms in total. The molecule has 0 bridgehead atoms. The van der Waals surface area contributed by atoms with Gasteiger partial charge in [0.1, 0.15) is 0 Å². The van der Waals surface area contributed by atoms with Gasteiger partial charge in [-0.3, -0.25) is 14.9 Å². The van der Waals surface area contributed by atoms with E-state index >= 15 is 0 Å². The summed E-state index contributed by atoms with van der Waals surface area (Å²) in [5, 5.41) is 14.5. The van der Waals surface area contributed by atoms with Crippen LogP contribution in [-0.2, 0) is 0 Å². The Kier molecular flexibility index (Phi) is 6.81. The summed E-state index contributed by atoms with van der Waals surface area (Å²) >= 11 is 7.06. The van der Waals surface area contributed by atoms with E-state index in [2.05, 4.69) is 5.32 Å². The number of rotatable bonds is 7. The number of ether oxygens (including phenoxy) is 2. The second-order valence-corrected chi connectivity index (χ2v) is 7.51. The number of amides is 1. The highest BCUT2D eigenvalue weighted by molar-refractivity contribution is 7.99. The number of halogens is 1. The number of methoxy groups -OCH3 is 2. The molecule has 3 aromatic carbocycles. The summed E-state index contributed by atoms with van der Waals surface area (Å²) in [6, 6.07) is 16.4. The summed E-state index contributed by atoms with van der Waals surface area (Å²) < 4.78 is 10.4. The number of carbonyl (C=O) groups excluding carboxylic acids is 1. The van der Waals surface area contributed by atoms with Crippen molar-refractivity contribution in [1.29, 1.82) is 0 Å². The van der Waals surface area contributed by atoms with E-state index in [4.69, 9.17) is 21.1 Å². The number of anilines is 1. The summed E-state index contributed by atoms with van der Waals surface area (Å²) in [6.07, 6.45) is 0. The Hall–Kier alpha value is -3.23. The molecule has 9 heteroatoms. The number of para-hydroxylation sites is 1. The lowest BCUT2D eigenvalue weighted by Crippen LogP contribution is -2.12. The van der Waals surface area contributed by atoms with Gasteiger partial charge in [-0.2, -0.15) is 0 Å². The Morgan fingerprint density at radius 2 is 1.73 bits per heavy atom. The number of benzene rings is 3. The number of nitrogens with zero attached hydrogens (tertiary/aromatic N) is 1. The molecule has 0 aliphatic carbocycles. The number of hydrogen-bond acceptors (Lipinski definition) is 6. The van der Waals surface area contributed by atoms with Gasteiger partial charge >= 0.3 is 0 Å². The number of nitro groups is 1. The van der Waals surface area contributed by atoms with E-state index in [0.717, 1.165) is 0 Å². The van der Waals surface area contributed by atoms with Gasteiger partial charge in [0.2, 0.25) is 0 Å². The molecule has 30 heavy (non-hydrogen) atoms. The van der Waals surface area contributed by atoms with Crippen LogP contribution in [0.4, 0.5) is 11.4 Å². The molecule has 0 saturated carbocycles. The number of nitrogens with one attached hydrogen (secondary N) is 1. The third-order valence-corrected chi connectivity index (χ3v) is 5.49. The molecule has 3 aromatic rings. The molecule has 1 N–H and O–H groups in total. The minimum Gasteiger partial charge on any atom is -0.493 e. The predicted octanol–water partition coefficient (Wildman–Crippen LogP) is 5.67. The Balaban J connectivity index is 1.88. The van der Waals surface area contributed by atoms with Crippen LogP contribution < -0.4 is 14.8 Å². The van der Waals surface area contributed by atoms with Crippen molar-refractivity contribution in [1.82, 2.24) is 0 Å². The van der Waals surface area contributed by atoms with E-state index in [1.165, 1.54) is 32.0 Å². The van der Waals surface area contributed by atoms with Crippen LogP contribution in [0.5, 0.6) is 11.5 Å². The molecule has 0 aromatic heterocycles. The Labute approximate surface area is 182 Å². The summed E-state index contributed by atoms with van der Waals surface area (Å²) in [5.74, 6) is 0.597. The topological polar surface area (TPSA) is 90.7 Å². The van der Waals surface area contributed by atoms with Crippen molar-refractivity contribution in [3.8, 4) is 11.5 Å². The normalized spacial score (nSPS) is 10.4. The van der Waals surface area contributed by atoms with Gasteiger partial charge < -0.3 is 14.8 Å². The van der Waals surface area contributed by atoms with Gasteiger partial charge in [0.25, 0.3) is 11.6 Å². The smallest absolute Gasteiger partial charge is 0.284 e. The fraction of sp³-hybridized carbons (Fsp3) is 0.0952. The molecule has 0 radical (unpaired) electrons. The molecule has 0 unspecified atom stereocenters. The SMILES string of the molecule is COc1ccc(C(=O)Nc2ccccc2Sc2ccc(Cl)cc2[N+](=O)[O-])cc1OC. The second kappa shape index (κ2) is 9.51. The summed E-state index contributed by atoms with van der Waals surface area (Å²) in [4.78, 5) is 24.7. The van der Waals surface area contributed by atoms with Crippen molar-refractivity contribution >= 4 is 40.6 Å². The minimum atomic E-state index is -0.487. The monoisotopic (exact) mass is 444 g/mol. The fourth-order valence-corrected chi connectivity index (χ4v) is 3.82. The van der Waals surface area contributed by atoms with E-state index in [1.807, 2.05) is 0 Å². The van der Waals surface area contributed by atoms with Crippen molar-refractivity contribution in [2.45, 2.75) is 9.79 Å². The van der Waals surface area contributed by atoms with E-state index in [-0.39, 0.29) is 16.6 Å². The lowest BCUT2D eigenvalue weighted by Gasteiger charge is -2.12. The average Bonchev–Trinajstić information content (AvgIpc) is 2.75. The predicted molar refractivity (Wildman–Crippen MR) is 116 cm³/mol. The molecule has 0 fully saturated rings. The van der Waals surface area contributed by atoms with Crippen molar-refractivity contribution in [3.05, 3.63) is 81.4 Å². The van der Waals surface area contributed by atoms with Crippen LogP contribution in [0.2, 0.25) is 5.02 Å². The van der Waals surface area contributed by atoms with Crippen molar-refractivity contribution in [3.63, 3.8) is 0 Å². The van der Waals surface area contributed by atoms with Gasteiger partial charge in [-0.25, -0.2) is 0 Å². The molecular formula is C21H17ClN2O5S. The third kappa shape index (κ3) is 4.84. The van der Waals surface area contributed by atoms with Gasteiger partial charge in [0, 0.05) is 21.5 Å². The fourth-order valence-electron chi connectivity index (χ4n) is 2.67. The van der Waals surface area contributed by atoms with Gasteiger partial charge in [0.15, 0.2) is 11.5 Å². The lowest BCUT2D eigenvalue weighted by molar-refractivity contribution is -0.387. The summed E-state index contributed by atoms with van der Waals surface area (Å²) in [6.45, 7) is 0. The molecule has 0 heterocycles. The highest BCUT2D eigenvalue weighted by Gasteiger charge is 2.18. The molecule has 0 spiro atoms. The lowest BCUT2D eigenvalue weighted by atomic mass is 10.2. The van der Waals surface area contributed by atoms with E-state index < -0.39 is 4.92 Å². The molecule has 0 aliphatic heterocycles. The van der Waals surface area contributed by atoms with Crippen LogP contribution in [-0.4, -0.2) is 25.1 Å². The van der Waals surface area contributed by atoms with Gasteiger partial charge in [-0.1, -0.05) is 35.5 Å². The van der Waals surface area contributed by atoms with Crippen LogP contribution >= 0.6 is 23.4 Å². The van der Waals surface area contributed by atoms with Crippen molar-refractivity contribution in [2.24, 2.45) is 0 Å².